The maximum absolute atomic E-state index is 11.6. The van der Waals surface area contributed by atoms with Crippen LogP contribution in [0, 0.1) is 0 Å². The quantitative estimate of drug-likeness (QED) is 0.728. The number of carbonyl (C=O) groups excluding carboxylic acids is 1. The highest BCUT2D eigenvalue weighted by Crippen LogP contribution is 2.06. The molecule has 6 nitrogen and oxygen atoms in total. The van der Waals surface area contributed by atoms with Gasteiger partial charge in [0.05, 0.1) is 12.4 Å². The van der Waals surface area contributed by atoms with E-state index in [-0.39, 0.29) is 11.4 Å². The predicted octanol–water partition coefficient (Wildman–Crippen LogP) is 1.63. The first-order chi connectivity index (χ1) is 8.90. The molecule has 0 atom stereocenters. The summed E-state index contributed by atoms with van der Waals surface area (Å²) in [5.41, 5.74) is -0.193. The second-order valence-electron chi connectivity index (χ2n) is 5.29. The highest BCUT2D eigenvalue weighted by Gasteiger charge is 2.12. The van der Waals surface area contributed by atoms with E-state index in [1.807, 2.05) is 27.7 Å². The summed E-state index contributed by atoms with van der Waals surface area (Å²) >= 11 is 0. The second kappa shape index (κ2) is 6.92. The lowest BCUT2D eigenvalue weighted by Gasteiger charge is -2.20. The minimum atomic E-state index is -0.193. The third-order valence-corrected chi connectivity index (χ3v) is 2.17. The van der Waals surface area contributed by atoms with E-state index >= 15 is 0 Å². The van der Waals surface area contributed by atoms with Crippen LogP contribution in [0.5, 0.6) is 0 Å². The van der Waals surface area contributed by atoms with E-state index in [0.29, 0.717) is 18.8 Å². The Morgan fingerprint density at radius 2 is 1.84 bits per heavy atom. The summed E-state index contributed by atoms with van der Waals surface area (Å²) in [4.78, 5) is 20.0. The molecule has 0 aliphatic rings. The van der Waals surface area contributed by atoms with Crippen molar-refractivity contribution in [3.8, 4) is 0 Å². The van der Waals surface area contributed by atoms with Gasteiger partial charge in [-0.1, -0.05) is 0 Å². The molecule has 1 aromatic rings. The number of aromatic nitrogens is 2. The fraction of sp³-hybridized carbons (Fsp3) is 0.615. The first-order valence-electron chi connectivity index (χ1n) is 6.51. The zero-order valence-corrected chi connectivity index (χ0v) is 12.1. The van der Waals surface area contributed by atoms with Crippen molar-refractivity contribution in [3.63, 3.8) is 0 Å². The Labute approximate surface area is 114 Å². The van der Waals surface area contributed by atoms with Gasteiger partial charge in [-0.2, -0.15) is 0 Å². The van der Waals surface area contributed by atoms with Gasteiger partial charge in [0.15, 0.2) is 0 Å². The molecule has 0 aromatic carbocycles. The van der Waals surface area contributed by atoms with Crippen LogP contribution in [-0.4, -0.2) is 34.5 Å². The molecule has 0 radical (unpaired) electrons. The minimum Gasteiger partial charge on any atom is -0.369 e. The number of anilines is 2. The maximum Gasteiger partial charge on any atom is 0.222 e. The zero-order valence-electron chi connectivity index (χ0n) is 12.1. The molecule has 1 heterocycles. The number of amides is 1. The summed E-state index contributed by atoms with van der Waals surface area (Å²) in [6.07, 6.45) is 3.72. The fourth-order valence-corrected chi connectivity index (χ4v) is 1.50. The summed E-state index contributed by atoms with van der Waals surface area (Å²) in [6.45, 7) is 9.22. The van der Waals surface area contributed by atoms with Gasteiger partial charge in [-0.25, -0.2) is 4.98 Å². The van der Waals surface area contributed by atoms with Crippen LogP contribution in [0.25, 0.3) is 0 Å². The first kappa shape index (κ1) is 15.2. The third kappa shape index (κ3) is 6.59. The molecular weight excluding hydrogens is 242 g/mol. The smallest absolute Gasteiger partial charge is 0.222 e. The standard InChI is InChI=1S/C13H23N5O/c1-5-15-10-8-14-9-11(17-10)16-7-6-12(19)18-13(2,3)4/h8-9H,5-7H2,1-4H3,(H,18,19)(H2,15,16,17). The largest absolute Gasteiger partial charge is 0.369 e. The molecule has 1 aromatic heterocycles. The molecule has 1 rings (SSSR count). The van der Waals surface area contributed by atoms with Gasteiger partial charge in [-0.05, 0) is 27.7 Å². The van der Waals surface area contributed by atoms with Crippen LogP contribution in [0.1, 0.15) is 34.1 Å². The van der Waals surface area contributed by atoms with E-state index in [4.69, 9.17) is 0 Å². The highest BCUT2D eigenvalue weighted by molar-refractivity contribution is 5.77. The normalized spacial score (nSPS) is 10.9. The van der Waals surface area contributed by atoms with Gasteiger partial charge in [-0.15, -0.1) is 0 Å². The van der Waals surface area contributed by atoms with Crippen LogP contribution < -0.4 is 16.0 Å². The molecule has 1 amide bonds. The van der Waals surface area contributed by atoms with Crippen LogP contribution >= 0.6 is 0 Å². The van der Waals surface area contributed by atoms with Gasteiger partial charge >= 0.3 is 0 Å². The molecule has 0 saturated heterocycles. The van der Waals surface area contributed by atoms with Gasteiger partial charge in [0, 0.05) is 25.0 Å². The number of hydrogen-bond donors (Lipinski definition) is 3. The number of hydrogen-bond acceptors (Lipinski definition) is 5. The van der Waals surface area contributed by atoms with Crippen LogP contribution in [0.15, 0.2) is 12.4 Å². The van der Waals surface area contributed by atoms with Crippen molar-refractivity contribution in [2.45, 2.75) is 39.7 Å². The molecule has 0 aliphatic heterocycles. The second-order valence-corrected chi connectivity index (χ2v) is 5.29. The molecule has 0 aliphatic carbocycles. The van der Waals surface area contributed by atoms with E-state index in [1.165, 1.54) is 0 Å². The van der Waals surface area contributed by atoms with Crippen molar-refractivity contribution in [3.05, 3.63) is 12.4 Å². The van der Waals surface area contributed by atoms with Crippen molar-refractivity contribution in [2.75, 3.05) is 23.7 Å². The third-order valence-electron chi connectivity index (χ3n) is 2.17. The van der Waals surface area contributed by atoms with Crippen LogP contribution in [0.2, 0.25) is 0 Å². The van der Waals surface area contributed by atoms with Crippen molar-refractivity contribution < 1.29 is 4.79 Å². The lowest BCUT2D eigenvalue weighted by atomic mass is 10.1. The fourth-order valence-electron chi connectivity index (χ4n) is 1.50. The van der Waals surface area contributed by atoms with Crippen LogP contribution in [0.3, 0.4) is 0 Å². The molecule has 0 saturated carbocycles. The average molecular weight is 265 g/mol. The van der Waals surface area contributed by atoms with E-state index in [1.54, 1.807) is 12.4 Å². The van der Waals surface area contributed by atoms with Crippen LogP contribution in [-0.2, 0) is 4.79 Å². The Morgan fingerprint density at radius 1 is 1.21 bits per heavy atom. The Bertz CT molecular complexity index is 414. The Balaban J connectivity index is 2.36. The summed E-state index contributed by atoms with van der Waals surface area (Å²) in [7, 11) is 0. The summed E-state index contributed by atoms with van der Waals surface area (Å²) in [5.74, 6) is 1.42. The minimum absolute atomic E-state index is 0.0239. The van der Waals surface area contributed by atoms with Crippen molar-refractivity contribution in [1.82, 2.24) is 15.3 Å². The predicted molar refractivity (Wildman–Crippen MR) is 77.2 cm³/mol. The molecule has 0 unspecified atom stereocenters. The zero-order chi connectivity index (χ0) is 14.3. The molecule has 0 fully saturated rings. The number of carbonyl (C=O) groups is 1. The van der Waals surface area contributed by atoms with Crippen molar-refractivity contribution in [1.29, 1.82) is 0 Å². The van der Waals surface area contributed by atoms with E-state index in [2.05, 4.69) is 25.9 Å². The van der Waals surface area contributed by atoms with Gasteiger partial charge < -0.3 is 16.0 Å². The lowest BCUT2D eigenvalue weighted by molar-refractivity contribution is -0.122. The van der Waals surface area contributed by atoms with Crippen molar-refractivity contribution >= 4 is 17.5 Å². The molecular formula is C13H23N5O. The summed E-state index contributed by atoms with van der Waals surface area (Å²) in [6, 6.07) is 0. The Kier molecular flexibility index (Phi) is 5.54. The van der Waals surface area contributed by atoms with Gasteiger partial charge in [-0.3, -0.25) is 9.78 Å². The van der Waals surface area contributed by atoms with Gasteiger partial charge in [0.1, 0.15) is 11.6 Å². The molecule has 19 heavy (non-hydrogen) atoms. The molecule has 6 heteroatoms. The lowest BCUT2D eigenvalue weighted by Crippen LogP contribution is -2.41. The van der Waals surface area contributed by atoms with E-state index in [9.17, 15) is 4.79 Å². The highest BCUT2D eigenvalue weighted by atomic mass is 16.1. The molecule has 3 N–H and O–H groups in total. The van der Waals surface area contributed by atoms with E-state index in [0.717, 1.165) is 12.4 Å². The summed E-state index contributed by atoms with van der Waals surface area (Å²) in [5, 5.41) is 9.08. The maximum atomic E-state index is 11.6. The summed E-state index contributed by atoms with van der Waals surface area (Å²) < 4.78 is 0. The SMILES string of the molecule is CCNc1cncc(NCCC(=O)NC(C)(C)C)n1. The Morgan fingerprint density at radius 3 is 2.42 bits per heavy atom. The van der Waals surface area contributed by atoms with E-state index < -0.39 is 0 Å². The number of rotatable bonds is 6. The number of nitrogens with zero attached hydrogens (tertiary/aromatic N) is 2. The monoisotopic (exact) mass is 265 g/mol. The molecule has 106 valence electrons. The first-order valence-corrected chi connectivity index (χ1v) is 6.51. The average Bonchev–Trinajstić information content (AvgIpc) is 2.27. The molecule has 0 bridgehead atoms. The topological polar surface area (TPSA) is 78.9 Å². The van der Waals surface area contributed by atoms with Gasteiger partial charge in [0.2, 0.25) is 5.91 Å². The van der Waals surface area contributed by atoms with Crippen LogP contribution in [0.4, 0.5) is 11.6 Å². The molecule has 0 spiro atoms. The van der Waals surface area contributed by atoms with Crippen molar-refractivity contribution in [2.24, 2.45) is 0 Å². The Hall–Kier alpha value is -1.85. The van der Waals surface area contributed by atoms with Gasteiger partial charge in [0.25, 0.3) is 0 Å². The number of nitrogens with one attached hydrogen (secondary N) is 3.